The Morgan fingerprint density at radius 3 is 2.50 bits per heavy atom. The zero-order valence-corrected chi connectivity index (χ0v) is 20.6. The fourth-order valence-electron chi connectivity index (χ4n) is 3.23. The van der Waals surface area contributed by atoms with Crippen molar-refractivity contribution in [2.24, 2.45) is 0 Å². The summed E-state index contributed by atoms with van der Waals surface area (Å²) in [6.07, 6.45) is -1.72. The Morgan fingerprint density at radius 2 is 1.89 bits per heavy atom. The van der Waals surface area contributed by atoms with Gasteiger partial charge in [0, 0.05) is 49.8 Å². The average molecular weight is 524 g/mol. The number of hydrogen-bond donors (Lipinski definition) is 3. The third-order valence-corrected chi connectivity index (χ3v) is 6.33. The number of anilines is 4. The second kappa shape index (κ2) is 10.4. The second-order valence-electron chi connectivity index (χ2n) is 7.76. The third-order valence-electron chi connectivity index (χ3n) is 5.16. The summed E-state index contributed by atoms with van der Waals surface area (Å²) in [7, 11) is -0.841. The smallest absolute Gasteiger partial charge is 0.365 e. The number of nitrogens with zero attached hydrogens (tertiary/aromatic N) is 4. The molecule has 3 rings (SSSR count). The number of amides is 1. The molecule has 10 nitrogen and oxygen atoms in total. The van der Waals surface area contributed by atoms with Gasteiger partial charge in [0.2, 0.25) is 16.0 Å². The molecule has 0 fully saturated rings. The van der Waals surface area contributed by atoms with Crippen LogP contribution < -0.4 is 20.3 Å². The molecule has 0 saturated carbocycles. The van der Waals surface area contributed by atoms with E-state index in [1.807, 2.05) is 0 Å². The van der Waals surface area contributed by atoms with Gasteiger partial charge in [0.05, 0.1) is 6.26 Å². The fraction of sp³-hybridized carbons (Fsp3) is 0.273. The molecule has 0 aliphatic heterocycles. The lowest BCUT2D eigenvalue weighted by atomic mass is 10.1. The van der Waals surface area contributed by atoms with Crippen molar-refractivity contribution in [3.63, 3.8) is 0 Å². The van der Waals surface area contributed by atoms with Gasteiger partial charge in [-0.1, -0.05) is 6.07 Å². The lowest BCUT2D eigenvalue weighted by molar-refractivity contribution is -0.137. The maximum absolute atomic E-state index is 13.6. The molecule has 2 heterocycles. The van der Waals surface area contributed by atoms with Gasteiger partial charge in [-0.25, -0.2) is 18.4 Å². The Morgan fingerprint density at radius 1 is 1.17 bits per heavy atom. The Hall–Kier alpha value is -3.94. The van der Waals surface area contributed by atoms with E-state index < -0.39 is 27.6 Å². The van der Waals surface area contributed by atoms with Crippen molar-refractivity contribution in [3.05, 3.63) is 65.0 Å². The minimum Gasteiger partial charge on any atom is -0.365 e. The van der Waals surface area contributed by atoms with Crippen LogP contribution in [0.2, 0.25) is 0 Å². The quantitative estimate of drug-likeness (QED) is 0.410. The van der Waals surface area contributed by atoms with E-state index in [0.29, 0.717) is 28.6 Å². The number of aromatic nitrogens is 3. The number of rotatable bonds is 8. The Bertz CT molecular complexity index is 1380. The van der Waals surface area contributed by atoms with E-state index in [9.17, 15) is 26.4 Å². The average Bonchev–Trinajstić information content (AvgIpc) is 2.81. The maximum Gasteiger partial charge on any atom is 0.421 e. The van der Waals surface area contributed by atoms with Crippen molar-refractivity contribution in [2.45, 2.75) is 19.6 Å². The molecule has 3 aromatic rings. The van der Waals surface area contributed by atoms with Crippen LogP contribution in [-0.2, 0) is 22.7 Å². The summed E-state index contributed by atoms with van der Waals surface area (Å²) in [5.41, 5.74) is 0.803. The number of benzene rings is 1. The molecule has 3 N–H and O–H groups in total. The van der Waals surface area contributed by atoms with E-state index in [-0.39, 0.29) is 24.2 Å². The highest BCUT2D eigenvalue weighted by atomic mass is 32.2. The maximum atomic E-state index is 13.6. The molecule has 192 valence electrons. The molecule has 0 unspecified atom stereocenters. The standard InChI is InChI=1S/C22H24F3N7O3S/c1-13-10-15(7-8-16(13)20(33)26-2)30-21-29-12-17(22(23,24)25)18(31-21)28-11-14-6-5-9-27-19(14)32(3)36(4,34)35/h5-10,12H,11H2,1-4H3,(H,26,33)(H2,28,29,30,31). The van der Waals surface area contributed by atoms with Gasteiger partial charge in [-0.2, -0.15) is 18.2 Å². The highest BCUT2D eigenvalue weighted by Gasteiger charge is 2.35. The zero-order chi connectivity index (χ0) is 26.7. The van der Waals surface area contributed by atoms with Crippen LogP contribution in [0.15, 0.2) is 42.7 Å². The second-order valence-corrected chi connectivity index (χ2v) is 9.77. The van der Waals surface area contributed by atoms with Crippen LogP contribution in [0.4, 0.5) is 36.4 Å². The first-order chi connectivity index (χ1) is 16.8. The van der Waals surface area contributed by atoms with Crippen LogP contribution in [0, 0.1) is 6.92 Å². The van der Waals surface area contributed by atoms with E-state index >= 15 is 0 Å². The predicted molar refractivity (Wildman–Crippen MR) is 130 cm³/mol. The van der Waals surface area contributed by atoms with E-state index in [1.54, 1.807) is 37.3 Å². The van der Waals surface area contributed by atoms with Gasteiger partial charge in [-0.15, -0.1) is 0 Å². The van der Waals surface area contributed by atoms with Crippen molar-refractivity contribution in [2.75, 3.05) is 35.3 Å². The Kier molecular flexibility index (Phi) is 7.67. The summed E-state index contributed by atoms with van der Waals surface area (Å²) in [6.45, 7) is 1.53. The lowest BCUT2D eigenvalue weighted by Crippen LogP contribution is -2.27. The summed E-state index contributed by atoms with van der Waals surface area (Å²) in [5.74, 6) is -0.819. The zero-order valence-electron chi connectivity index (χ0n) is 19.8. The molecular weight excluding hydrogens is 499 g/mol. The molecule has 0 saturated heterocycles. The number of halogens is 3. The number of carbonyl (C=O) groups excluding carboxylic acids is 1. The summed E-state index contributed by atoms with van der Waals surface area (Å²) < 4.78 is 65.7. The van der Waals surface area contributed by atoms with Gasteiger partial charge in [0.1, 0.15) is 17.2 Å². The summed E-state index contributed by atoms with van der Waals surface area (Å²) in [5, 5.41) is 7.99. The number of alkyl halides is 3. The molecule has 0 bridgehead atoms. The van der Waals surface area contributed by atoms with Crippen molar-refractivity contribution in [1.82, 2.24) is 20.3 Å². The Balaban J connectivity index is 1.91. The third kappa shape index (κ3) is 6.19. The molecule has 2 aromatic heterocycles. The molecule has 1 aromatic carbocycles. The van der Waals surface area contributed by atoms with Crippen molar-refractivity contribution in [3.8, 4) is 0 Å². The van der Waals surface area contributed by atoms with Gasteiger partial charge in [0.25, 0.3) is 5.91 Å². The van der Waals surface area contributed by atoms with Crippen LogP contribution in [0.3, 0.4) is 0 Å². The molecule has 0 spiro atoms. The first-order valence-electron chi connectivity index (χ1n) is 10.5. The number of pyridine rings is 1. The van der Waals surface area contributed by atoms with Gasteiger partial charge in [-0.05, 0) is 36.8 Å². The molecule has 0 aliphatic carbocycles. The summed E-state index contributed by atoms with van der Waals surface area (Å²) in [6, 6.07) is 7.87. The van der Waals surface area contributed by atoms with Crippen LogP contribution in [0.1, 0.15) is 27.0 Å². The molecule has 0 atom stereocenters. The van der Waals surface area contributed by atoms with Crippen molar-refractivity contribution < 1.29 is 26.4 Å². The molecule has 0 aliphatic rings. The van der Waals surface area contributed by atoms with Crippen LogP contribution in [0.25, 0.3) is 0 Å². The van der Waals surface area contributed by atoms with Crippen LogP contribution in [0.5, 0.6) is 0 Å². The number of hydrogen-bond acceptors (Lipinski definition) is 8. The van der Waals surface area contributed by atoms with E-state index in [2.05, 4.69) is 30.9 Å². The molecule has 1 amide bonds. The number of nitrogens with one attached hydrogen (secondary N) is 3. The van der Waals surface area contributed by atoms with E-state index in [0.717, 1.165) is 10.6 Å². The number of carbonyl (C=O) groups is 1. The van der Waals surface area contributed by atoms with Crippen LogP contribution in [-0.4, -0.2) is 49.6 Å². The minimum absolute atomic E-state index is 0.0696. The summed E-state index contributed by atoms with van der Waals surface area (Å²) >= 11 is 0. The lowest BCUT2D eigenvalue weighted by Gasteiger charge is -2.20. The first kappa shape index (κ1) is 26.7. The topological polar surface area (TPSA) is 129 Å². The van der Waals surface area contributed by atoms with Gasteiger partial charge in [-0.3, -0.25) is 9.10 Å². The van der Waals surface area contributed by atoms with E-state index in [1.165, 1.54) is 20.3 Å². The molecule has 0 radical (unpaired) electrons. The van der Waals surface area contributed by atoms with Gasteiger partial charge >= 0.3 is 6.18 Å². The number of sulfonamides is 1. The highest BCUT2D eigenvalue weighted by molar-refractivity contribution is 7.92. The Labute approximate surface area is 206 Å². The predicted octanol–water partition coefficient (Wildman–Crippen LogP) is 3.31. The van der Waals surface area contributed by atoms with Crippen molar-refractivity contribution >= 4 is 39.2 Å². The normalized spacial score (nSPS) is 11.6. The minimum atomic E-state index is -4.74. The molecule has 14 heteroatoms. The highest BCUT2D eigenvalue weighted by Crippen LogP contribution is 2.34. The SMILES string of the molecule is CNC(=O)c1ccc(Nc2ncc(C(F)(F)F)c(NCc3cccnc3N(C)S(C)(=O)=O)n2)cc1C. The van der Waals surface area contributed by atoms with Crippen molar-refractivity contribution in [1.29, 1.82) is 0 Å². The summed E-state index contributed by atoms with van der Waals surface area (Å²) in [4.78, 5) is 23.7. The van der Waals surface area contributed by atoms with Gasteiger partial charge in [0.15, 0.2) is 0 Å². The van der Waals surface area contributed by atoms with Crippen LogP contribution >= 0.6 is 0 Å². The van der Waals surface area contributed by atoms with Gasteiger partial charge < -0.3 is 16.0 Å². The number of aryl methyl sites for hydroxylation is 1. The first-order valence-corrected chi connectivity index (χ1v) is 12.3. The fourth-order valence-corrected chi connectivity index (χ4v) is 3.71. The monoisotopic (exact) mass is 523 g/mol. The molecular formula is C22H24F3N7O3S. The largest absolute Gasteiger partial charge is 0.421 e. The molecule has 36 heavy (non-hydrogen) atoms. The van der Waals surface area contributed by atoms with E-state index in [4.69, 9.17) is 0 Å².